The maximum Gasteiger partial charge on any atom is 0.256 e. The van der Waals surface area contributed by atoms with Gasteiger partial charge in [0.25, 0.3) is 5.91 Å². The highest BCUT2D eigenvalue weighted by Crippen LogP contribution is 2.33. The second-order valence-corrected chi connectivity index (χ2v) is 8.56. The second kappa shape index (κ2) is 8.80. The average molecular weight is 490 g/mol. The van der Waals surface area contributed by atoms with Crippen LogP contribution in [0, 0.1) is 17.9 Å². The van der Waals surface area contributed by atoms with Gasteiger partial charge in [-0.1, -0.05) is 0 Å². The minimum Gasteiger partial charge on any atom is -0.618 e. The van der Waals surface area contributed by atoms with Crippen molar-refractivity contribution in [2.24, 2.45) is 0 Å². The Kier molecular flexibility index (Phi) is 5.30. The Labute approximate surface area is 210 Å². The van der Waals surface area contributed by atoms with Gasteiger partial charge >= 0.3 is 0 Å². The second-order valence-electron chi connectivity index (χ2n) is 8.56. The molecule has 0 saturated carbocycles. The molecule has 9 heteroatoms. The van der Waals surface area contributed by atoms with E-state index in [2.05, 4.69) is 15.4 Å². The lowest BCUT2D eigenvalue weighted by molar-refractivity contribution is -0.577. The number of carbonyl (C=O) groups is 1. The number of aryl methyl sites for hydroxylation is 1. The first-order valence-electron chi connectivity index (χ1n) is 11.5. The first-order chi connectivity index (χ1) is 18.0. The number of carbonyl (C=O) groups excluding carboxylic acids is 1. The smallest absolute Gasteiger partial charge is 0.256 e. The third-order valence-corrected chi connectivity index (χ3v) is 6.12. The Morgan fingerprint density at radius 3 is 2.76 bits per heavy atom. The van der Waals surface area contributed by atoms with Crippen molar-refractivity contribution in [2.75, 3.05) is 5.32 Å². The van der Waals surface area contributed by atoms with Crippen molar-refractivity contribution < 1.29 is 13.9 Å². The highest BCUT2D eigenvalue weighted by atomic mass is 19.1. The molecule has 0 unspecified atom stereocenters. The van der Waals surface area contributed by atoms with E-state index in [0.29, 0.717) is 44.9 Å². The lowest BCUT2D eigenvalue weighted by atomic mass is 10.0. The number of pyridine rings is 2. The van der Waals surface area contributed by atoms with Crippen LogP contribution >= 0.6 is 0 Å². The van der Waals surface area contributed by atoms with Crippen LogP contribution in [0.5, 0.6) is 0 Å². The molecule has 0 aliphatic rings. The Morgan fingerprint density at radius 1 is 1.00 bits per heavy atom. The van der Waals surface area contributed by atoms with E-state index in [1.165, 1.54) is 12.3 Å². The molecule has 2 aromatic carbocycles. The summed E-state index contributed by atoms with van der Waals surface area (Å²) in [5, 5.41) is 19.9. The molecule has 0 spiro atoms. The zero-order valence-corrected chi connectivity index (χ0v) is 19.6. The molecule has 0 fully saturated rings. The van der Waals surface area contributed by atoms with Crippen LogP contribution in [0.3, 0.4) is 0 Å². The van der Waals surface area contributed by atoms with Crippen molar-refractivity contribution >= 4 is 28.3 Å². The number of fused-ring (bicyclic) bond motifs is 2. The number of imidazole rings is 1. The highest BCUT2D eigenvalue weighted by molar-refractivity contribution is 6.05. The van der Waals surface area contributed by atoms with Crippen molar-refractivity contribution in [2.45, 2.75) is 6.92 Å². The summed E-state index contributed by atoms with van der Waals surface area (Å²) in [6.07, 6.45) is 4.66. The van der Waals surface area contributed by atoms with E-state index in [1.54, 1.807) is 84.5 Å². The SMILES string of the molecule is Cc1cc(-c2nc3cccnn3c2-c2ccnc(NC(=O)c3ccc4c(ccc[n+]4[O-])c3)c2)ccc1F. The molecule has 0 aliphatic carbocycles. The fourth-order valence-electron chi connectivity index (χ4n) is 4.31. The van der Waals surface area contributed by atoms with E-state index >= 15 is 0 Å². The van der Waals surface area contributed by atoms with Gasteiger partial charge in [-0.25, -0.2) is 18.9 Å². The Balaban J connectivity index is 1.39. The average Bonchev–Trinajstić information content (AvgIpc) is 3.30. The molecule has 0 saturated heterocycles. The van der Waals surface area contributed by atoms with Gasteiger partial charge in [0.15, 0.2) is 11.8 Å². The number of nitrogens with one attached hydrogen (secondary N) is 1. The predicted molar refractivity (Wildman–Crippen MR) is 137 cm³/mol. The van der Waals surface area contributed by atoms with Crippen LogP contribution in [0.1, 0.15) is 15.9 Å². The zero-order valence-electron chi connectivity index (χ0n) is 19.6. The Bertz CT molecular complexity index is 1830. The molecule has 6 aromatic rings. The largest absolute Gasteiger partial charge is 0.618 e. The highest BCUT2D eigenvalue weighted by Gasteiger charge is 2.19. The molecule has 0 aliphatic heterocycles. The van der Waals surface area contributed by atoms with Gasteiger partial charge < -0.3 is 10.5 Å². The molecule has 6 rings (SSSR count). The maximum absolute atomic E-state index is 14.0. The summed E-state index contributed by atoms with van der Waals surface area (Å²) in [5.74, 6) is -0.319. The maximum atomic E-state index is 14.0. The van der Waals surface area contributed by atoms with Crippen LogP contribution in [-0.2, 0) is 0 Å². The standard InChI is InChI=1S/C28H19FN6O2/c1-17-14-19(6-8-22(17)29)26-27(35-25(33-26)5-2-11-31-35)20-10-12-30-24(16-20)32-28(36)21-7-9-23-18(15-21)4-3-13-34(23)37/h2-16H,1H3,(H,30,32,36). The molecule has 37 heavy (non-hydrogen) atoms. The number of hydrogen-bond acceptors (Lipinski definition) is 5. The molecule has 8 nitrogen and oxygen atoms in total. The third kappa shape index (κ3) is 4.02. The number of aromatic nitrogens is 5. The molecule has 180 valence electrons. The molecule has 4 aromatic heterocycles. The summed E-state index contributed by atoms with van der Waals surface area (Å²) in [5.41, 5.74) is 4.79. The lowest BCUT2D eigenvalue weighted by Gasteiger charge is -2.09. The van der Waals surface area contributed by atoms with Gasteiger partial charge in [0.1, 0.15) is 17.3 Å². The molecular weight excluding hydrogens is 471 g/mol. The number of halogens is 1. The van der Waals surface area contributed by atoms with Crippen molar-refractivity contribution in [1.29, 1.82) is 0 Å². The first kappa shape index (κ1) is 22.3. The molecule has 0 radical (unpaired) electrons. The summed E-state index contributed by atoms with van der Waals surface area (Å²) in [7, 11) is 0. The fourth-order valence-corrected chi connectivity index (χ4v) is 4.31. The van der Waals surface area contributed by atoms with Gasteiger partial charge in [-0.05, 0) is 73.2 Å². The molecular formula is C28H19FN6O2. The van der Waals surface area contributed by atoms with Crippen molar-refractivity contribution in [1.82, 2.24) is 19.6 Å². The van der Waals surface area contributed by atoms with Crippen LogP contribution in [0.15, 0.2) is 91.4 Å². The quantitative estimate of drug-likeness (QED) is 0.279. The Hall–Kier alpha value is -5.18. The van der Waals surface area contributed by atoms with E-state index < -0.39 is 0 Å². The summed E-state index contributed by atoms with van der Waals surface area (Å²) >= 11 is 0. The van der Waals surface area contributed by atoms with Crippen LogP contribution in [0.25, 0.3) is 39.1 Å². The number of amides is 1. The van der Waals surface area contributed by atoms with Gasteiger partial charge in [-0.15, -0.1) is 0 Å². The van der Waals surface area contributed by atoms with E-state index in [9.17, 15) is 14.4 Å². The molecule has 1 N–H and O–H groups in total. The van der Waals surface area contributed by atoms with Crippen LogP contribution in [0.4, 0.5) is 10.2 Å². The summed E-state index contributed by atoms with van der Waals surface area (Å²) < 4.78 is 16.4. The normalized spacial score (nSPS) is 11.2. The minimum atomic E-state index is -0.362. The van der Waals surface area contributed by atoms with E-state index in [1.807, 2.05) is 6.07 Å². The fraction of sp³-hybridized carbons (Fsp3) is 0.0357. The molecule has 0 atom stereocenters. The summed E-state index contributed by atoms with van der Waals surface area (Å²) in [6.45, 7) is 1.70. The van der Waals surface area contributed by atoms with Crippen molar-refractivity contribution in [3.05, 3.63) is 114 Å². The third-order valence-electron chi connectivity index (χ3n) is 6.12. The Morgan fingerprint density at radius 2 is 1.89 bits per heavy atom. The minimum absolute atomic E-state index is 0.292. The molecule has 4 heterocycles. The van der Waals surface area contributed by atoms with Crippen molar-refractivity contribution in [3.63, 3.8) is 0 Å². The number of nitrogens with zero attached hydrogens (tertiary/aromatic N) is 5. The van der Waals surface area contributed by atoms with Crippen molar-refractivity contribution in [3.8, 4) is 22.5 Å². The number of anilines is 1. The molecule has 1 amide bonds. The van der Waals surface area contributed by atoms with Crippen LogP contribution in [0.2, 0.25) is 0 Å². The summed E-state index contributed by atoms with van der Waals surface area (Å²) in [4.78, 5) is 22.1. The van der Waals surface area contributed by atoms with E-state index in [0.717, 1.165) is 15.9 Å². The number of rotatable bonds is 4. The van der Waals surface area contributed by atoms with Gasteiger partial charge in [-0.3, -0.25) is 4.79 Å². The van der Waals surface area contributed by atoms with E-state index in [4.69, 9.17) is 4.98 Å². The lowest BCUT2D eigenvalue weighted by Crippen LogP contribution is -2.25. The van der Waals surface area contributed by atoms with Crippen LogP contribution in [-0.4, -0.2) is 25.5 Å². The van der Waals surface area contributed by atoms with E-state index in [-0.39, 0.29) is 11.7 Å². The topological polar surface area (TPSA) is 99.1 Å². The van der Waals surface area contributed by atoms with Gasteiger partial charge in [0.2, 0.25) is 5.52 Å². The predicted octanol–water partition coefficient (Wildman–Crippen LogP) is 4.94. The number of benzene rings is 2. The van der Waals surface area contributed by atoms with Gasteiger partial charge in [0.05, 0.1) is 5.69 Å². The number of hydrogen-bond donors (Lipinski definition) is 1. The van der Waals surface area contributed by atoms with Gasteiger partial charge in [0, 0.05) is 46.6 Å². The monoisotopic (exact) mass is 490 g/mol. The summed E-state index contributed by atoms with van der Waals surface area (Å²) in [6, 6.07) is 20.3. The zero-order chi connectivity index (χ0) is 25.5. The molecule has 0 bridgehead atoms. The first-order valence-corrected chi connectivity index (χ1v) is 11.5. The van der Waals surface area contributed by atoms with Crippen LogP contribution < -0.4 is 10.0 Å². The van der Waals surface area contributed by atoms with Gasteiger partial charge in [-0.2, -0.15) is 9.83 Å².